The Morgan fingerprint density at radius 3 is 2.69 bits per heavy atom. The maximum Gasteiger partial charge on any atom is 0.193 e. The lowest BCUT2D eigenvalue weighted by atomic mass is 10.1. The van der Waals surface area contributed by atoms with Gasteiger partial charge < -0.3 is 5.32 Å². The molecule has 0 amide bonds. The van der Waals surface area contributed by atoms with Crippen LogP contribution in [0, 0.1) is 13.8 Å². The molecule has 5 heteroatoms. The summed E-state index contributed by atoms with van der Waals surface area (Å²) < 4.78 is 0. The van der Waals surface area contributed by atoms with Crippen molar-refractivity contribution < 1.29 is 0 Å². The van der Waals surface area contributed by atoms with E-state index in [9.17, 15) is 0 Å². The van der Waals surface area contributed by atoms with Crippen LogP contribution < -0.4 is 5.32 Å². The van der Waals surface area contributed by atoms with Crippen molar-refractivity contribution >= 4 is 5.69 Å². The van der Waals surface area contributed by atoms with Gasteiger partial charge in [-0.3, -0.25) is 0 Å². The molecule has 0 aliphatic carbocycles. The van der Waals surface area contributed by atoms with Crippen molar-refractivity contribution in [3.63, 3.8) is 0 Å². The summed E-state index contributed by atoms with van der Waals surface area (Å²) >= 11 is 0. The van der Waals surface area contributed by atoms with Crippen LogP contribution in [0.4, 0.5) is 5.69 Å². The SMILES string of the molecule is Cc1ccc(NCc2nnn(C)n2)cc1C. The molecular weight excluding hydrogens is 202 g/mol. The quantitative estimate of drug-likeness (QED) is 0.845. The van der Waals surface area contributed by atoms with Gasteiger partial charge in [0.25, 0.3) is 0 Å². The van der Waals surface area contributed by atoms with Crippen molar-refractivity contribution in [2.24, 2.45) is 7.05 Å². The van der Waals surface area contributed by atoms with E-state index in [0.29, 0.717) is 12.4 Å². The van der Waals surface area contributed by atoms with Crippen molar-refractivity contribution in [3.8, 4) is 0 Å². The number of rotatable bonds is 3. The average molecular weight is 217 g/mol. The van der Waals surface area contributed by atoms with Crippen LogP contribution in [-0.2, 0) is 13.6 Å². The minimum atomic E-state index is 0.594. The zero-order valence-corrected chi connectivity index (χ0v) is 9.73. The van der Waals surface area contributed by atoms with E-state index < -0.39 is 0 Å². The number of aryl methyl sites for hydroxylation is 3. The molecule has 0 spiro atoms. The van der Waals surface area contributed by atoms with Gasteiger partial charge in [0.15, 0.2) is 5.82 Å². The zero-order valence-electron chi connectivity index (χ0n) is 9.73. The van der Waals surface area contributed by atoms with E-state index in [2.05, 4.69) is 52.8 Å². The van der Waals surface area contributed by atoms with Gasteiger partial charge in [-0.1, -0.05) is 6.07 Å². The summed E-state index contributed by atoms with van der Waals surface area (Å²) in [5.41, 5.74) is 3.65. The first-order valence-electron chi connectivity index (χ1n) is 5.19. The highest BCUT2D eigenvalue weighted by atomic mass is 15.6. The second-order valence-electron chi connectivity index (χ2n) is 3.85. The van der Waals surface area contributed by atoms with Gasteiger partial charge in [-0.25, -0.2) is 0 Å². The van der Waals surface area contributed by atoms with E-state index in [1.807, 2.05) is 0 Å². The van der Waals surface area contributed by atoms with Crippen molar-refractivity contribution in [2.45, 2.75) is 20.4 Å². The Bertz CT molecular complexity index is 489. The number of tetrazole rings is 1. The lowest BCUT2D eigenvalue weighted by molar-refractivity contribution is 0.628. The van der Waals surface area contributed by atoms with E-state index in [0.717, 1.165) is 5.69 Å². The fourth-order valence-corrected chi connectivity index (χ4v) is 1.43. The van der Waals surface area contributed by atoms with Crippen molar-refractivity contribution in [1.82, 2.24) is 20.2 Å². The van der Waals surface area contributed by atoms with Gasteiger partial charge in [0.05, 0.1) is 13.6 Å². The third-order valence-electron chi connectivity index (χ3n) is 2.51. The molecule has 0 saturated heterocycles. The highest BCUT2D eigenvalue weighted by molar-refractivity contribution is 5.47. The summed E-state index contributed by atoms with van der Waals surface area (Å²) in [7, 11) is 1.76. The monoisotopic (exact) mass is 217 g/mol. The van der Waals surface area contributed by atoms with Crippen LogP contribution in [0.1, 0.15) is 17.0 Å². The molecule has 1 heterocycles. The van der Waals surface area contributed by atoms with Crippen LogP contribution in [0.2, 0.25) is 0 Å². The van der Waals surface area contributed by atoms with Crippen LogP contribution in [0.3, 0.4) is 0 Å². The molecular formula is C11H15N5. The van der Waals surface area contributed by atoms with Crippen molar-refractivity contribution in [2.75, 3.05) is 5.32 Å². The highest BCUT2D eigenvalue weighted by Crippen LogP contribution is 2.14. The van der Waals surface area contributed by atoms with Gasteiger partial charge in [-0.15, -0.1) is 10.2 Å². The van der Waals surface area contributed by atoms with E-state index in [1.54, 1.807) is 7.05 Å². The van der Waals surface area contributed by atoms with Crippen LogP contribution in [-0.4, -0.2) is 20.2 Å². The molecule has 0 radical (unpaired) electrons. The molecule has 5 nitrogen and oxygen atoms in total. The Balaban J connectivity index is 2.02. The molecule has 1 N–H and O–H groups in total. The predicted octanol–water partition coefficient (Wildman–Crippen LogP) is 1.44. The Hall–Kier alpha value is -1.91. The number of hydrogen-bond donors (Lipinski definition) is 1. The topological polar surface area (TPSA) is 55.6 Å². The van der Waals surface area contributed by atoms with Crippen LogP contribution in [0.25, 0.3) is 0 Å². The molecule has 0 unspecified atom stereocenters. The summed E-state index contributed by atoms with van der Waals surface area (Å²) in [5, 5.41) is 15.0. The number of nitrogens with zero attached hydrogens (tertiary/aromatic N) is 4. The maximum atomic E-state index is 4.10. The second-order valence-corrected chi connectivity index (χ2v) is 3.85. The minimum absolute atomic E-state index is 0.594. The van der Waals surface area contributed by atoms with Gasteiger partial charge in [0, 0.05) is 5.69 Å². The Labute approximate surface area is 94.5 Å². The molecule has 0 saturated carbocycles. The number of hydrogen-bond acceptors (Lipinski definition) is 4. The first-order valence-corrected chi connectivity index (χ1v) is 5.19. The molecule has 84 valence electrons. The Morgan fingerprint density at radius 1 is 1.25 bits per heavy atom. The first-order chi connectivity index (χ1) is 7.65. The molecule has 0 atom stereocenters. The molecule has 0 aliphatic rings. The Kier molecular flexibility index (Phi) is 2.85. The molecule has 16 heavy (non-hydrogen) atoms. The summed E-state index contributed by atoms with van der Waals surface area (Å²) in [6, 6.07) is 6.27. The summed E-state index contributed by atoms with van der Waals surface area (Å²) in [5.74, 6) is 0.695. The molecule has 2 rings (SSSR count). The van der Waals surface area contributed by atoms with Crippen molar-refractivity contribution in [1.29, 1.82) is 0 Å². The zero-order chi connectivity index (χ0) is 11.5. The highest BCUT2D eigenvalue weighted by Gasteiger charge is 2.00. The summed E-state index contributed by atoms with van der Waals surface area (Å²) in [6.07, 6.45) is 0. The lowest BCUT2D eigenvalue weighted by Gasteiger charge is -2.06. The third kappa shape index (κ3) is 2.36. The van der Waals surface area contributed by atoms with Gasteiger partial charge in [-0.2, -0.15) is 4.80 Å². The molecule has 2 aromatic rings. The largest absolute Gasteiger partial charge is 0.378 e. The predicted molar refractivity (Wildman–Crippen MR) is 62.0 cm³/mol. The van der Waals surface area contributed by atoms with Gasteiger partial charge in [-0.05, 0) is 42.3 Å². The molecule has 0 fully saturated rings. The number of aromatic nitrogens is 4. The van der Waals surface area contributed by atoms with E-state index in [4.69, 9.17) is 0 Å². The van der Waals surface area contributed by atoms with E-state index >= 15 is 0 Å². The fraction of sp³-hybridized carbons (Fsp3) is 0.364. The summed E-state index contributed by atoms with van der Waals surface area (Å²) in [4.78, 5) is 1.46. The standard InChI is InChI=1S/C11H15N5/c1-8-4-5-10(6-9(8)2)12-7-11-13-15-16(3)14-11/h4-6,12H,7H2,1-3H3. The lowest BCUT2D eigenvalue weighted by Crippen LogP contribution is -2.02. The minimum Gasteiger partial charge on any atom is -0.378 e. The molecule has 1 aromatic heterocycles. The average Bonchev–Trinajstić information content (AvgIpc) is 2.66. The van der Waals surface area contributed by atoms with Crippen molar-refractivity contribution in [3.05, 3.63) is 35.2 Å². The van der Waals surface area contributed by atoms with Crippen LogP contribution in [0.15, 0.2) is 18.2 Å². The Morgan fingerprint density at radius 2 is 2.06 bits per heavy atom. The fourth-order valence-electron chi connectivity index (χ4n) is 1.43. The normalized spacial score (nSPS) is 10.4. The molecule has 0 bridgehead atoms. The maximum absolute atomic E-state index is 4.10. The summed E-state index contributed by atoms with van der Waals surface area (Å²) in [6.45, 7) is 4.79. The van der Waals surface area contributed by atoms with E-state index in [-0.39, 0.29) is 0 Å². The smallest absolute Gasteiger partial charge is 0.193 e. The van der Waals surface area contributed by atoms with Crippen LogP contribution in [0.5, 0.6) is 0 Å². The molecule has 1 aromatic carbocycles. The third-order valence-corrected chi connectivity index (χ3v) is 2.51. The number of anilines is 1. The molecule has 0 aliphatic heterocycles. The van der Waals surface area contributed by atoms with E-state index in [1.165, 1.54) is 15.9 Å². The van der Waals surface area contributed by atoms with Gasteiger partial charge in [0.2, 0.25) is 0 Å². The van der Waals surface area contributed by atoms with Crippen LogP contribution >= 0.6 is 0 Å². The van der Waals surface area contributed by atoms with Gasteiger partial charge >= 0.3 is 0 Å². The second kappa shape index (κ2) is 4.30. The van der Waals surface area contributed by atoms with Gasteiger partial charge in [0.1, 0.15) is 0 Å². The number of nitrogens with one attached hydrogen (secondary N) is 1. The number of benzene rings is 1. The first kappa shape index (κ1) is 10.6.